The standard InChI is InChI=1S/C17H26N2O3/c1-13-5-4-9-19(12-13)10-8-17(20)18-15-7-6-14(21-2)11-16(15)22-3/h6-7,11,13H,4-5,8-10,12H2,1-3H3,(H,18,20)/p+1. The lowest BCUT2D eigenvalue weighted by Crippen LogP contribution is -3.13. The van der Waals surface area contributed by atoms with Crippen LogP contribution in [0.25, 0.3) is 0 Å². The maximum absolute atomic E-state index is 12.1. The van der Waals surface area contributed by atoms with E-state index in [9.17, 15) is 4.79 Å². The summed E-state index contributed by atoms with van der Waals surface area (Å²) in [5, 5.41) is 2.93. The van der Waals surface area contributed by atoms with Crippen LogP contribution in [-0.4, -0.2) is 39.8 Å². The van der Waals surface area contributed by atoms with Gasteiger partial charge < -0.3 is 19.7 Å². The Bertz CT molecular complexity index is 505. The van der Waals surface area contributed by atoms with E-state index in [-0.39, 0.29) is 5.91 Å². The van der Waals surface area contributed by atoms with E-state index in [0.717, 1.165) is 12.5 Å². The highest BCUT2D eigenvalue weighted by atomic mass is 16.5. The number of quaternary nitrogens is 1. The zero-order valence-electron chi connectivity index (χ0n) is 13.8. The van der Waals surface area contributed by atoms with E-state index in [4.69, 9.17) is 9.47 Å². The average Bonchev–Trinajstić information content (AvgIpc) is 2.53. The second kappa shape index (κ2) is 8.03. The van der Waals surface area contributed by atoms with Gasteiger partial charge >= 0.3 is 0 Å². The van der Waals surface area contributed by atoms with Gasteiger partial charge in [0.15, 0.2) is 0 Å². The highest BCUT2D eigenvalue weighted by Gasteiger charge is 2.20. The molecule has 22 heavy (non-hydrogen) atoms. The fourth-order valence-corrected chi connectivity index (χ4v) is 3.03. The number of amides is 1. The lowest BCUT2D eigenvalue weighted by molar-refractivity contribution is -0.907. The summed E-state index contributed by atoms with van der Waals surface area (Å²) in [6.07, 6.45) is 3.13. The third-order valence-electron chi connectivity index (χ3n) is 4.25. The molecule has 1 aliphatic heterocycles. The Morgan fingerprint density at radius 3 is 2.86 bits per heavy atom. The van der Waals surface area contributed by atoms with Gasteiger partial charge in [0.05, 0.1) is 46.0 Å². The van der Waals surface area contributed by atoms with Gasteiger partial charge in [-0.25, -0.2) is 0 Å². The van der Waals surface area contributed by atoms with Gasteiger partial charge in [-0.2, -0.15) is 0 Å². The van der Waals surface area contributed by atoms with Crippen molar-refractivity contribution in [1.29, 1.82) is 0 Å². The van der Waals surface area contributed by atoms with Crippen LogP contribution in [0.4, 0.5) is 5.69 Å². The second-order valence-electron chi connectivity index (χ2n) is 6.07. The first-order chi connectivity index (χ1) is 10.6. The maximum Gasteiger partial charge on any atom is 0.230 e. The Morgan fingerprint density at radius 1 is 1.36 bits per heavy atom. The van der Waals surface area contributed by atoms with Gasteiger partial charge in [0.25, 0.3) is 0 Å². The van der Waals surface area contributed by atoms with Gasteiger partial charge in [-0.3, -0.25) is 4.79 Å². The number of nitrogens with one attached hydrogen (secondary N) is 2. The maximum atomic E-state index is 12.1. The number of piperidine rings is 1. The predicted molar refractivity (Wildman–Crippen MR) is 86.8 cm³/mol. The van der Waals surface area contributed by atoms with E-state index in [0.29, 0.717) is 23.6 Å². The summed E-state index contributed by atoms with van der Waals surface area (Å²) in [7, 11) is 3.19. The van der Waals surface area contributed by atoms with Crippen molar-refractivity contribution in [3.8, 4) is 11.5 Å². The Kier molecular flexibility index (Phi) is 6.07. The summed E-state index contributed by atoms with van der Waals surface area (Å²) >= 11 is 0. The van der Waals surface area contributed by atoms with Crippen molar-refractivity contribution >= 4 is 11.6 Å². The first kappa shape index (κ1) is 16.6. The van der Waals surface area contributed by atoms with Crippen LogP contribution in [0.3, 0.4) is 0 Å². The molecule has 1 saturated heterocycles. The lowest BCUT2D eigenvalue weighted by Gasteiger charge is -2.27. The summed E-state index contributed by atoms with van der Waals surface area (Å²) < 4.78 is 10.5. The van der Waals surface area contributed by atoms with Crippen LogP contribution in [0.15, 0.2) is 18.2 Å². The fraction of sp³-hybridized carbons (Fsp3) is 0.588. The van der Waals surface area contributed by atoms with Crippen LogP contribution in [0.5, 0.6) is 11.5 Å². The van der Waals surface area contributed by atoms with E-state index in [2.05, 4.69) is 12.2 Å². The number of likely N-dealkylation sites (tertiary alicyclic amines) is 1. The van der Waals surface area contributed by atoms with Crippen molar-refractivity contribution < 1.29 is 19.2 Å². The van der Waals surface area contributed by atoms with Gasteiger partial charge in [-0.15, -0.1) is 0 Å². The molecule has 1 aliphatic rings. The molecular weight excluding hydrogens is 280 g/mol. The first-order valence-corrected chi connectivity index (χ1v) is 7.97. The van der Waals surface area contributed by atoms with Gasteiger partial charge in [0.2, 0.25) is 5.91 Å². The molecule has 2 atom stereocenters. The molecule has 0 bridgehead atoms. The van der Waals surface area contributed by atoms with Crippen molar-refractivity contribution in [2.24, 2.45) is 5.92 Å². The number of carbonyl (C=O) groups is 1. The van der Waals surface area contributed by atoms with Crippen molar-refractivity contribution in [2.75, 3.05) is 39.2 Å². The molecule has 0 aliphatic carbocycles. The summed E-state index contributed by atoms with van der Waals surface area (Å²) in [6, 6.07) is 5.40. The summed E-state index contributed by atoms with van der Waals surface area (Å²) in [5.41, 5.74) is 0.690. The summed E-state index contributed by atoms with van der Waals surface area (Å²) in [5.74, 6) is 2.14. The van der Waals surface area contributed by atoms with Crippen molar-refractivity contribution in [1.82, 2.24) is 0 Å². The van der Waals surface area contributed by atoms with Crippen molar-refractivity contribution in [2.45, 2.75) is 26.2 Å². The molecule has 0 aromatic heterocycles. The molecule has 1 amide bonds. The van der Waals surface area contributed by atoms with Gasteiger partial charge in [0, 0.05) is 12.0 Å². The van der Waals surface area contributed by atoms with E-state index in [1.165, 1.54) is 30.8 Å². The Balaban J connectivity index is 1.86. The largest absolute Gasteiger partial charge is 0.497 e. The van der Waals surface area contributed by atoms with Crippen LogP contribution in [-0.2, 0) is 4.79 Å². The first-order valence-electron chi connectivity index (χ1n) is 7.97. The average molecular weight is 307 g/mol. The molecule has 1 aromatic carbocycles. The number of anilines is 1. The zero-order chi connectivity index (χ0) is 15.9. The van der Waals surface area contributed by atoms with E-state index in [1.54, 1.807) is 20.3 Å². The van der Waals surface area contributed by atoms with Gasteiger partial charge in [0.1, 0.15) is 11.5 Å². The highest BCUT2D eigenvalue weighted by Crippen LogP contribution is 2.28. The minimum absolute atomic E-state index is 0.0363. The quantitative estimate of drug-likeness (QED) is 0.834. The topological polar surface area (TPSA) is 52.0 Å². The number of benzene rings is 1. The number of hydrogen-bond acceptors (Lipinski definition) is 3. The van der Waals surface area contributed by atoms with Gasteiger partial charge in [-0.05, 0) is 25.0 Å². The Morgan fingerprint density at radius 2 is 2.18 bits per heavy atom. The van der Waals surface area contributed by atoms with Crippen molar-refractivity contribution in [3.63, 3.8) is 0 Å². The molecule has 1 heterocycles. The van der Waals surface area contributed by atoms with Crippen molar-refractivity contribution in [3.05, 3.63) is 18.2 Å². The molecule has 0 radical (unpaired) electrons. The molecular formula is C17H27N2O3+. The Hall–Kier alpha value is -1.75. The van der Waals surface area contributed by atoms with E-state index < -0.39 is 0 Å². The molecule has 0 spiro atoms. The molecule has 122 valence electrons. The Labute approximate surface area is 132 Å². The van der Waals surface area contributed by atoms with Crippen LogP contribution in [0.2, 0.25) is 0 Å². The van der Waals surface area contributed by atoms with Crippen LogP contribution in [0.1, 0.15) is 26.2 Å². The molecule has 5 nitrogen and oxygen atoms in total. The molecule has 0 saturated carbocycles. The van der Waals surface area contributed by atoms with Crippen LogP contribution in [0, 0.1) is 5.92 Å². The fourth-order valence-electron chi connectivity index (χ4n) is 3.03. The third-order valence-corrected chi connectivity index (χ3v) is 4.25. The summed E-state index contributed by atoms with van der Waals surface area (Å²) in [4.78, 5) is 13.7. The second-order valence-corrected chi connectivity index (χ2v) is 6.07. The molecule has 1 aromatic rings. The SMILES string of the molecule is COc1ccc(NC(=O)CC[NH+]2CCCC(C)C2)c(OC)c1. The zero-order valence-corrected chi connectivity index (χ0v) is 13.8. The molecule has 2 rings (SSSR count). The number of methoxy groups -OCH3 is 2. The van der Waals surface area contributed by atoms with Crippen LogP contribution >= 0.6 is 0 Å². The molecule has 2 unspecified atom stereocenters. The van der Waals surface area contributed by atoms with Crippen LogP contribution < -0.4 is 19.7 Å². The predicted octanol–water partition coefficient (Wildman–Crippen LogP) is 1.35. The number of rotatable bonds is 6. The van der Waals surface area contributed by atoms with Gasteiger partial charge in [-0.1, -0.05) is 6.92 Å². The minimum atomic E-state index is 0.0363. The lowest BCUT2D eigenvalue weighted by atomic mass is 10.0. The molecule has 2 N–H and O–H groups in total. The van der Waals surface area contributed by atoms with E-state index in [1.807, 2.05) is 12.1 Å². The normalized spacial score (nSPS) is 21.2. The smallest absolute Gasteiger partial charge is 0.230 e. The third kappa shape index (κ3) is 4.63. The molecule has 1 fully saturated rings. The van der Waals surface area contributed by atoms with E-state index >= 15 is 0 Å². The number of hydrogen-bond donors (Lipinski definition) is 2. The number of carbonyl (C=O) groups excluding carboxylic acids is 1. The summed E-state index contributed by atoms with van der Waals surface area (Å²) in [6.45, 7) is 5.55. The highest BCUT2D eigenvalue weighted by molar-refractivity contribution is 5.92. The minimum Gasteiger partial charge on any atom is -0.497 e. The number of ether oxygens (including phenoxy) is 2. The monoisotopic (exact) mass is 307 g/mol. The molecule has 5 heteroatoms.